The number of thiophene rings is 1. The number of benzene rings is 9. The van der Waals surface area contributed by atoms with E-state index in [-0.39, 0.29) is 0 Å². The molecule has 0 aliphatic heterocycles. The van der Waals surface area contributed by atoms with Gasteiger partial charge in [0.15, 0.2) is 0 Å². The Bertz CT molecular complexity index is 2890. The first-order valence-corrected chi connectivity index (χ1v) is 18.6. The average molecular weight is 680 g/mol. The van der Waals surface area contributed by atoms with Crippen LogP contribution in [0.15, 0.2) is 200 Å². The lowest BCUT2D eigenvalue weighted by Gasteiger charge is -2.27. The molecule has 9 aromatic carbocycles. The third-order valence-electron chi connectivity index (χ3n) is 10.3. The monoisotopic (exact) mass is 679 g/mol. The molecule has 1 heterocycles. The molecule has 0 spiro atoms. The SMILES string of the molecule is c1ccc(-c2ccc(-c3cccc4sc5ccc(N(c6ccccc6)c6ccc(-c7ccc8ccccc8c7)c7ccccc67)cc5c34)cc2)cc1. The molecule has 1 nitrogen and oxygen atoms in total. The number of hydrogen-bond acceptors (Lipinski definition) is 2. The van der Waals surface area contributed by atoms with E-state index in [9.17, 15) is 0 Å². The van der Waals surface area contributed by atoms with Gasteiger partial charge >= 0.3 is 0 Å². The molecule has 2 heteroatoms. The van der Waals surface area contributed by atoms with Crippen LogP contribution in [0.4, 0.5) is 17.1 Å². The van der Waals surface area contributed by atoms with Gasteiger partial charge in [-0.2, -0.15) is 0 Å². The maximum atomic E-state index is 2.42. The van der Waals surface area contributed by atoms with Crippen molar-refractivity contribution >= 4 is 70.1 Å². The normalized spacial score (nSPS) is 11.5. The van der Waals surface area contributed by atoms with Crippen LogP contribution in [0.5, 0.6) is 0 Å². The third kappa shape index (κ3) is 5.24. The van der Waals surface area contributed by atoms with E-state index in [1.807, 2.05) is 11.3 Å². The van der Waals surface area contributed by atoms with Crippen LogP contribution < -0.4 is 4.90 Å². The van der Waals surface area contributed by atoms with E-state index in [4.69, 9.17) is 0 Å². The summed E-state index contributed by atoms with van der Waals surface area (Å²) in [6, 6.07) is 72.9. The van der Waals surface area contributed by atoms with E-state index < -0.39 is 0 Å². The van der Waals surface area contributed by atoms with Gasteiger partial charge in [0.05, 0.1) is 5.69 Å². The number of fused-ring (bicyclic) bond motifs is 5. The van der Waals surface area contributed by atoms with Gasteiger partial charge in [-0.15, -0.1) is 11.3 Å². The molecule has 0 amide bonds. The largest absolute Gasteiger partial charge is 0.310 e. The maximum absolute atomic E-state index is 2.42. The third-order valence-corrected chi connectivity index (χ3v) is 11.4. The van der Waals surface area contributed by atoms with Crippen LogP contribution in [0.25, 0.3) is 75.1 Å². The summed E-state index contributed by atoms with van der Waals surface area (Å²) < 4.78 is 2.59. The molecule has 0 radical (unpaired) electrons. The number of rotatable bonds is 6. The van der Waals surface area contributed by atoms with Crippen LogP contribution in [0.2, 0.25) is 0 Å². The quantitative estimate of drug-likeness (QED) is 0.169. The molecule has 0 saturated heterocycles. The van der Waals surface area contributed by atoms with Crippen LogP contribution in [-0.4, -0.2) is 0 Å². The lowest BCUT2D eigenvalue weighted by molar-refractivity contribution is 1.30. The molecular formula is C50H33NS. The van der Waals surface area contributed by atoms with E-state index in [0.29, 0.717) is 0 Å². The van der Waals surface area contributed by atoms with Crippen molar-refractivity contribution in [1.29, 1.82) is 0 Å². The molecule has 0 N–H and O–H groups in total. The minimum Gasteiger partial charge on any atom is -0.310 e. The molecule has 0 fully saturated rings. The summed E-state index contributed by atoms with van der Waals surface area (Å²) in [5, 5.41) is 7.54. The Balaban J connectivity index is 1.14. The van der Waals surface area contributed by atoms with Crippen molar-refractivity contribution in [2.24, 2.45) is 0 Å². The number of nitrogens with zero attached hydrogens (tertiary/aromatic N) is 1. The molecule has 1 aromatic heterocycles. The summed E-state index contributed by atoms with van der Waals surface area (Å²) in [6.45, 7) is 0. The topological polar surface area (TPSA) is 3.24 Å². The van der Waals surface area contributed by atoms with Gasteiger partial charge in [0, 0.05) is 36.9 Å². The van der Waals surface area contributed by atoms with E-state index in [1.54, 1.807) is 0 Å². The fraction of sp³-hybridized carbons (Fsp3) is 0. The van der Waals surface area contributed by atoms with Crippen LogP contribution in [0.3, 0.4) is 0 Å². The van der Waals surface area contributed by atoms with Crippen molar-refractivity contribution in [3.63, 3.8) is 0 Å². The second kappa shape index (κ2) is 12.7. The van der Waals surface area contributed by atoms with Crippen molar-refractivity contribution in [3.05, 3.63) is 200 Å². The number of para-hydroxylation sites is 1. The lowest BCUT2D eigenvalue weighted by Crippen LogP contribution is -2.10. The predicted octanol–water partition coefficient (Wildman–Crippen LogP) is 14.8. The highest BCUT2D eigenvalue weighted by Crippen LogP contribution is 2.46. The molecule has 0 bridgehead atoms. The molecule has 0 saturated carbocycles. The molecular weight excluding hydrogens is 647 g/mol. The van der Waals surface area contributed by atoms with Gasteiger partial charge in [-0.05, 0) is 98.1 Å². The van der Waals surface area contributed by atoms with Crippen molar-refractivity contribution in [2.75, 3.05) is 4.90 Å². The van der Waals surface area contributed by atoms with Crippen molar-refractivity contribution in [1.82, 2.24) is 0 Å². The average Bonchev–Trinajstić information content (AvgIpc) is 3.60. The van der Waals surface area contributed by atoms with E-state index >= 15 is 0 Å². The molecule has 10 rings (SSSR count). The van der Waals surface area contributed by atoms with Crippen molar-refractivity contribution in [3.8, 4) is 33.4 Å². The second-order valence-electron chi connectivity index (χ2n) is 13.3. The first-order chi connectivity index (χ1) is 25.8. The standard InChI is InChI=1S/C50H33NS/c1-3-12-34(13-4-1)36-22-25-37(26-23-36)43-20-11-21-49-50(43)46-33-41(28-31-48(46)52-49)51(40-16-5-2-6-17-40)47-30-29-42(44-18-9-10-19-45(44)47)39-27-24-35-14-7-8-15-38(35)32-39/h1-33H. The van der Waals surface area contributed by atoms with Crippen LogP contribution in [0, 0.1) is 0 Å². The summed E-state index contributed by atoms with van der Waals surface area (Å²) in [5.41, 5.74) is 10.8. The first-order valence-electron chi connectivity index (χ1n) is 17.8. The van der Waals surface area contributed by atoms with Gasteiger partial charge in [-0.3, -0.25) is 0 Å². The van der Waals surface area contributed by atoms with Crippen LogP contribution in [-0.2, 0) is 0 Å². The first kappa shape index (κ1) is 30.4. The Labute approximate surface area is 307 Å². The second-order valence-corrected chi connectivity index (χ2v) is 14.4. The molecule has 0 aliphatic carbocycles. The van der Waals surface area contributed by atoms with Gasteiger partial charge in [0.25, 0.3) is 0 Å². The molecule has 52 heavy (non-hydrogen) atoms. The van der Waals surface area contributed by atoms with Crippen molar-refractivity contribution < 1.29 is 0 Å². The van der Waals surface area contributed by atoms with E-state index in [1.165, 1.54) is 75.1 Å². The van der Waals surface area contributed by atoms with Gasteiger partial charge < -0.3 is 4.90 Å². The summed E-state index contributed by atoms with van der Waals surface area (Å²) >= 11 is 1.87. The highest BCUT2D eigenvalue weighted by Gasteiger charge is 2.19. The zero-order chi connectivity index (χ0) is 34.4. The van der Waals surface area contributed by atoms with E-state index in [0.717, 1.165) is 17.1 Å². The van der Waals surface area contributed by atoms with Crippen LogP contribution in [0.1, 0.15) is 0 Å². The zero-order valence-corrected chi connectivity index (χ0v) is 29.2. The zero-order valence-electron chi connectivity index (χ0n) is 28.4. The number of anilines is 3. The van der Waals surface area contributed by atoms with Gasteiger partial charge in [0.2, 0.25) is 0 Å². The minimum absolute atomic E-state index is 1.13. The van der Waals surface area contributed by atoms with E-state index in [2.05, 4.69) is 205 Å². The smallest absolute Gasteiger partial charge is 0.0540 e. The molecule has 0 atom stereocenters. The Morgan fingerprint density at radius 2 is 1.00 bits per heavy atom. The van der Waals surface area contributed by atoms with Gasteiger partial charge in [-0.25, -0.2) is 0 Å². The Morgan fingerprint density at radius 1 is 0.327 bits per heavy atom. The summed E-state index contributed by atoms with van der Waals surface area (Å²) in [7, 11) is 0. The fourth-order valence-corrected chi connectivity index (χ4v) is 8.87. The molecule has 10 aromatic rings. The van der Waals surface area contributed by atoms with Crippen LogP contribution >= 0.6 is 11.3 Å². The Morgan fingerprint density at radius 3 is 1.83 bits per heavy atom. The highest BCUT2D eigenvalue weighted by atomic mass is 32.1. The van der Waals surface area contributed by atoms with Crippen molar-refractivity contribution in [2.45, 2.75) is 0 Å². The summed E-state index contributed by atoms with van der Waals surface area (Å²) in [4.78, 5) is 2.42. The summed E-state index contributed by atoms with van der Waals surface area (Å²) in [6.07, 6.45) is 0. The molecule has 0 unspecified atom stereocenters. The predicted molar refractivity (Wildman–Crippen MR) is 225 cm³/mol. The van der Waals surface area contributed by atoms with Gasteiger partial charge in [0.1, 0.15) is 0 Å². The lowest BCUT2D eigenvalue weighted by atomic mass is 9.94. The highest BCUT2D eigenvalue weighted by molar-refractivity contribution is 7.26. The Kier molecular flexibility index (Phi) is 7.41. The minimum atomic E-state index is 1.13. The summed E-state index contributed by atoms with van der Waals surface area (Å²) in [5.74, 6) is 0. The molecule has 244 valence electrons. The molecule has 0 aliphatic rings. The maximum Gasteiger partial charge on any atom is 0.0540 e. The fourth-order valence-electron chi connectivity index (χ4n) is 7.76. The van der Waals surface area contributed by atoms with Gasteiger partial charge in [-0.1, -0.05) is 152 Å². The Hall–Kier alpha value is -6.48. The number of hydrogen-bond donors (Lipinski definition) is 0.